The molecule has 2 unspecified atom stereocenters. The lowest BCUT2D eigenvalue weighted by Crippen LogP contribution is -2.36. The zero-order chi connectivity index (χ0) is 13.2. The van der Waals surface area contributed by atoms with Gasteiger partial charge in [-0.2, -0.15) is 0 Å². The van der Waals surface area contributed by atoms with Crippen molar-refractivity contribution in [1.29, 1.82) is 0 Å². The van der Waals surface area contributed by atoms with E-state index in [1.165, 1.54) is 25.7 Å². The van der Waals surface area contributed by atoms with Crippen LogP contribution >= 0.6 is 0 Å². The molecule has 0 radical (unpaired) electrons. The van der Waals surface area contributed by atoms with Crippen molar-refractivity contribution in [1.82, 2.24) is 16.0 Å². The molecule has 112 valence electrons. The lowest BCUT2D eigenvalue weighted by Gasteiger charge is -2.12. The van der Waals surface area contributed by atoms with Crippen molar-refractivity contribution < 1.29 is 9.47 Å². The fourth-order valence-corrected chi connectivity index (χ4v) is 2.62. The molecule has 5 heteroatoms. The minimum Gasteiger partial charge on any atom is -0.377 e. The van der Waals surface area contributed by atoms with Gasteiger partial charge < -0.3 is 25.4 Å². The normalized spacial score (nSPS) is 27.2. The van der Waals surface area contributed by atoms with Gasteiger partial charge in [0, 0.05) is 52.5 Å². The maximum Gasteiger partial charge on any atom is 0.0700 e. The van der Waals surface area contributed by atoms with Gasteiger partial charge in [0.15, 0.2) is 0 Å². The smallest absolute Gasteiger partial charge is 0.0700 e. The van der Waals surface area contributed by atoms with Crippen molar-refractivity contribution in [3.63, 3.8) is 0 Å². The third-order valence-electron chi connectivity index (χ3n) is 3.75. The van der Waals surface area contributed by atoms with Gasteiger partial charge in [-0.3, -0.25) is 0 Å². The molecule has 2 rings (SSSR count). The summed E-state index contributed by atoms with van der Waals surface area (Å²) in [5, 5.41) is 10.3. The van der Waals surface area contributed by atoms with Crippen LogP contribution in [-0.2, 0) is 9.47 Å². The second kappa shape index (κ2) is 9.66. The standard InChI is InChI=1S/C14H29N3O2/c1-3-13(18-9-1)11-16-7-5-15-6-8-17-12-14-4-2-10-19-14/h13-17H,1-12H2. The number of nitrogens with one attached hydrogen (secondary N) is 3. The monoisotopic (exact) mass is 271 g/mol. The molecule has 2 fully saturated rings. The highest BCUT2D eigenvalue weighted by atomic mass is 16.5. The molecule has 0 aromatic carbocycles. The predicted octanol–water partition coefficient (Wildman–Crippen LogP) is 0.113. The van der Waals surface area contributed by atoms with Crippen LogP contribution in [0.5, 0.6) is 0 Å². The Balaban J connectivity index is 1.28. The summed E-state index contributed by atoms with van der Waals surface area (Å²) >= 11 is 0. The lowest BCUT2D eigenvalue weighted by atomic mass is 10.2. The van der Waals surface area contributed by atoms with Crippen LogP contribution in [0.15, 0.2) is 0 Å². The van der Waals surface area contributed by atoms with Crippen LogP contribution in [0.2, 0.25) is 0 Å². The first kappa shape index (κ1) is 15.2. The van der Waals surface area contributed by atoms with Gasteiger partial charge in [-0.15, -0.1) is 0 Å². The summed E-state index contributed by atoms with van der Waals surface area (Å²) in [6.45, 7) is 7.97. The van der Waals surface area contributed by atoms with Gasteiger partial charge in [-0.25, -0.2) is 0 Å². The van der Waals surface area contributed by atoms with E-state index in [1.807, 2.05) is 0 Å². The zero-order valence-electron chi connectivity index (χ0n) is 12.0. The molecule has 0 aliphatic carbocycles. The molecule has 19 heavy (non-hydrogen) atoms. The maximum atomic E-state index is 5.56. The van der Waals surface area contributed by atoms with Crippen molar-refractivity contribution in [3.8, 4) is 0 Å². The fraction of sp³-hybridized carbons (Fsp3) is 1.00. The Bertz CT molecular complexity index is 195. The van der Waals surface area contributed by atoms with Crippen LogP contribution in [0.3, 0.4) is 0 Å². The highest BCUT2D eigenvalue weighted by Gasteiger charge is 2.14. The summed E-state index contributed by atoms with van der Waals surface area (Å²) in [6.07, 6.45) is 5.78. The maximum absolute atomic E-state index is 5.56. The first-order valence-corrected chi connectivity index (χ1v) is 7.80. The third-order valence-corrected chi connectivity index (χ3v) is 3.75. The Hall–Kier alpha value is -0.200. The van der Waals surface area contributed by atoms with E-state index in [2.05, 4.69) is 16.0 Å². The SMILES string of the molecule is C1COC(CNCCNCCNCC2CCCO2)C1. The van der Waals surface area contributed by atoms with Gasteiger partial charge in [0.05, 0.1) is 12.2 Å². The third kappa shape index (κ3) is 6.68. The molecule has 0 bridgehead atoms. The number of rotatable bonds is 10. The Morgan fingerprint density at radius 3 is 1.58 bits per heavy atom. The van der Waals surface area contributed by atoms with Crippen molar-refractivity contribution in [2.45, 2.75) is 37.9 Å². The molecule has 3 N–H and O–H groups in total. The van der Waals surface area contributed by atoms with E-state index >= 15 is 0 Å². The largest absolute Gasteiger partial charge is 0.377 e. The van der Waals surface area contributed by atoms with Gasteiger partial charge in [0.2, 0.25) is 0 Å². The summed E-state index contributed by atoms with van der Waals surface area (Å²) < 4.78 is 11.1. The molecule has 2 heterocycles. The number of ether oxygens (including phenoxy) is 2. The van der Waals surface area contributed by atoms with E-state index in [0.717, 1.165) is 52.5 Å². The summed E-state index contributed by atoms with van der Waals surface area (Å²) in [5.74, 6) is 0. The highest BCUT2D eigenvalue weighted by Crippen LogP contribution is 2.10. The van der Waals surface area contributed by atoms with Crippen molar-refractivity contribution in [2.24, 2.45) is 0 Å². The van der Waals surface area contributed by atoms with Gasteiger partial charge in [0.25, 0.3) is 0 Å². The molecule has 0 aromatic rings. The molecule has 0 aromatic heterocycles. The van der Waals surface area contributed by atoms with E-state index in [0.29, 0.717) is 12.2 Å². The van der Waals surface area contributed by atoms with Crippen LogP contribution in [0.25, 0.3) is 0 Å². The van der Waals surface area contributed by atoms with Crippen molar-refractivity contribution in [3.05, 3.63) is 0 Å². The average molecular weight is 271 g/mol. The summed E-state index contributed by atoms with van der Waals surface area (Å²) in [5.41, 5.74) is 0. The summed E-state index contributed by atoms with van der Waals surface area (Å²) in [6, 6.07) is 0. The molecule has 2 saturated heterocycles. The molecular formula is C14H29N3O2. The first-order chi connectivity index (χ1) is 9.45. The van der Waals surface area contributed by atoms with Crippen LogP contribution in [0.1, 0.15) is 25.7 Å². The second-order valence-corrected chi connectivity index (χ2v) is 5.43. The molecule has 2 aliphatic rings. The van der Waals surface area contributed by atoms with Crippen LogP contribution in [0.4, 0.5) is 0 Å². The van der Waals surface area contributed by atoms with E-state index in [1.54, 1.807) is 0 Å². The minimum absolute atomic E-state index is 0.452. The Kier molecular flexibility index (Phi) is 7.73. The highest BCUT2D eigenvalue weighted by molar-refractivity contribution is 4.69. The summed E-state index contributed by atoms with van der Waals surface area (Å²) in [7, 11) is 0. The second-order valence-electron chi connectivity index (χ2n) is 5.43. The molecule has 0 spiro atoms. The van der Waals surface area contributed by atoms with Gasteiger partial charge in [0.1, 0.15) is 0 Å². The lowest BCUT2D eigenvalue weighted by molar-refractivity contribution is 0.110. The van der Waals surface area contributed by atoms with Crippen LogP contribution in [-0.4, -0.2) is 64.7 Å². The Morgan fingerprint density at radius 2 is 1.16 bits per heavy atom. The van der Waals surface area contributed by atoms with E-state index < -0.39 is 0 Å². The molecule has 0 saturated carbocycles. The number of hydrogen-bond donors (Lipinski definition) is 3. The van der Waals surface area contributed by atoms with E-state index in [9.17, 15) is 0 Å². The van der Waals surface area contributed by atoms with Gasteiger partial charge >= 0.3 is 0 Å². The molecule has 0 amide bonds. The Labute approximate surface area is 116 Å². The van der Waals surface area contributed by atoms with Crippen LogP contribution in [0, 0.1) is 0 Å². The van der Waals surface area contributed by atoms with E-state index in [4.69, 9.17) is 9.47 Å². The molecule has 2 atom stereocenters. The molecule has 2 aliphatic heterocycles. The quantitative estimate of drug-likeness (QED) is 0.493. The van der Waals surface area contributed by atoms with Crippen LogP contribution < -0.4 is 16.0 Å². The zero-order valence-corrected chi connectivity index (χ0v) is 12.0. The predicted molar refractivity (Wildman–Crippen MR) is 76.6 cm³/mol. The van der Waals surface area contributed by atoms with E-state index in [-0.39, 0.29) is 0 Å². The average Bonchev–Trinajstić information content (AvgIpc) is 3.10. The molecule has 5 nitrogen and oxygen atoms in total. The fourth-order valence-electron chi connectivity index (χ4n) is 2.62. The van der Waals surface area contributed by atoms with Gasteiger partial charge in [-0.1, -0.05) is 0 Å². The number of hydrogen-bond acceptors (Lipinski definition) is 5. The molecular weight excluding hydrogens is 242 g/mol. The Morgan fingerprint density at radius 1 is 0.684 bits per heavy atom. The van der Waals surface area contributed by atoms with Crippen molar-refractivity contribution in [2.75, 3.05) is 52.5 Å². The topological polar surface area (TPSA) is 54.5 Å². The minimum atomic E-state index is 0.452. The summed E-state index contributed by atoms with van der Waals surface area (Å²) in [4.78, 5) is 0. The first-order valence-electron chi connectivity index (χ1n) is 7.80. The van der Waals surface area contributed by atoms with Crippen molar-refractivity contribution >= 4 is 0 Å². The van der Waals surface area contributed by atoms with Gasteiger partial charge in [-0.05, 0) is 25.7 Å².